The lowest BCUT2D eigenvalue weighted by Gasteiger charge is -2.18. The molecule has 2 nitrogen and oxygen atoms in total. The van der Waals surface area contributed by atoms with E-state index >= 15 is 0 Å². The molecule has 0 fully saturated rings. The van der Waals surface area contributed by atoms with Gasteiger partial charge in [-0.05, 0) is 50.2 Å². The first-order chi connectivity index (χ1) is 15.4. The summed E-state index contributed by atoms with van der Waals surface area (Å²) in [5, 5.41) is 1.23. The van der Waals surface area contributed by atoms with Gasteiger partial charge in [0, 0.05) is 17.3 Å². The van der Waals surface area contributed by atoms with E-state index in [1.54, 1.807) is 0 Å². The smallest absolute Gasteiger partial charge is 0.0769 e. The highest BCUT2D eigenvalue weighted by Gasteiger charge is 2.17. The van der Waals surface area contributed by atoms with Gasteiger partial charge in [-0.15, -0.1) is 0 Å². The fraction of sp³-hybridized carbons (Fsp3) is 0.655. The van der Waals surface area contributed by atoms with Crippen LogP contribution >= 0.6 is 0 Å². The first-order valence-corrected chi connectivity index (χ1v) is 13.3. The molecule has 3 rings (SSSR count). The maximum atomic E-state index is 4.98. The Bertz CT molecular complexity index is 793. The largest absolute Gasteiger partial charge is 0.260 e. The maximum Gasteiger partial charge on any atom is 0.0769 e. The summed E-state index contributed by atoms with van der Waals surface area (Å²) in [5.41, 5.74) is 5.01. The summed E-state index contributed by atoms with van der Waals surface area (Å²) in [6.07, 6.45) is 26.4. The van der Waals surface area contributed by atoms with Crippen molar-refractivity contribution < 1.29 is 0 Å². The number of aromatic nitrogens is 1. The molecule has 1 aliphatic rings. The van der Waals surface area contributed by atoms with Crippen molar-refractivity contribution in [3.8, 4) is 0 Å². The van der Waals surface area contributed by atoms with Crippen LogP contribution in [-0.4, -0.2) is 11.2 Å². The highest BCUT2D eigenvalue weighted by atomic mass is 14.8. The minimum absolute atomic E-state index is 1.10. The van der Waals surface area contributed by atoms with Crippen molar-refractivity contribution in [3.05, 3.63) is 35.5 Å². The van der Waals surface area contributed by atoms with Crippen LogP contribution in [0.2, 0.25) is 0 Å². The molecule has 2 aromatic rings. The number of unbranched alkanes of at least 4 members (excludes halogenated alkanes) is 13. The Morgan fingerprint density at radius 3 is 2.10 bits per heavy atom. The third-order valence-corrected chi connectivity index (χ3v) is 6.80. The van der Waals surface area contributed by atoms with Crippen molar-refractivity contribution in [1.82, 2.24) is 4.98 Å². The number of para-hydroxylation sites is 1. The van der Waals surface area contributed by atoms with E-state index in [1.165, 1.54) is 119 Å². The molecule has 0 radical (unpaired) electrons. The number of rotatable bonds is 15. The van der Waals surface area contributed by atoms with Crippen LogP contribution in [0.1, 0.15) is 121 Å². The van der Waals surface area contributed by atoms with Gasteiger partial charge in [0.2, 0.25) is 0 Å². The molecule has 170 valence electrons. The van der Waals surface area contributed by atoms with Crippen molar-refractivity contribution in [2.45, 2.75) is 122 Å². The van der Waals surface area contributed by atoms with Crippen molar-refractivity contribution >= 4 is 22.8 Å². The first-order valence-electron chi connectivity index (χ1n) is 13.3. The van der Waals surface area contributed by atoms with Gasteiger partial charge in [-0.25, -0.2) is 0 Å². The Labute approximate surface area is 191 Å². The third kappa shape index (κ3) is 8.05. The highest BCUT2D eigenvalue weighted by molar-refractivity contribution is 5.93. The fourth-order valence-electron chi connectivity index (χ4n) is 4.90. The second-order valence-corrected chi connectivity index (χ2v) is 9.45. The van der Waals surface area contributed by atoms with E-state index in [4.69, 9.17) is 9.98 Å². The fourth-order valence-corrected chi connectivity index (χ4v) is 4.90. The van der Waals surface area contributed by atoms with Crippen molar-refractivity contribution in [2.75, 3.05) is 0 Å². The van der Waals surface area contributed by atoms with Crippen LogP contribution in [0.5, 0.6) is 0 Å². The van der Waals surface area contributed by atoms with Gasteiger partial charge in [-0.3, -0.25) is 9.98 Å². The molecular formula is C29H44N2. The monoisotopic (exact) mass is 420 g/mol. The first kappa shape index (κ1) is 24.0. The lowest BCUT2D eigenvalue weighted by molar-refractivity contribution is 0.541. The number of benzene rings is 1. The van der Waals surface area contributed by atoms with E-state index in [2.05, 4.69) is 37.4 Å². The molecule has 0 saturated heterocycles. The molecule has 0 bridgehead atoms. The van der Waals surface area contributed by atoms with Crippen LogP contribution in [0.4, 0.5) is 5.69 Å². The number of hydrogen-bond acceptors (Lipinski definition) is 2. The van der Waals surface area contributed by atoms with E-state index in [0.717, 1.165) is 24.8 Å². The SMILES string of the molecule is CCCCCCCCCCCCCCC/C=N\c1c2c(nc3ccccc13)CCCC2. The lowest BCUT2D eigenvalue weighted by Crippen LogP contribution is -2.06. The molecule has 1 heterocycles. The summed E-state index contributed by atoms with van der Waals surface area (Å²) in [6.45, 7) is 2.29. The highest BCUT2D eigenvalue weighted by Crippen LogP contribution is 2.35. The molecule has 1 aromatic heterocycles. The second-order valence-electron chi connectivity index (χ2n) is 9.45. The standard InChI is InChI=1S/C29H44N2/c1-2-3-4-5-6-7-8-9-10-11-12-13-14-19-24-30-29-25-20-15-17-22-27(25)31-28-23-18-16-21-26(28)29/h15,17,20,22,24H,2-14,16,18-19,21,23H2,1H3/b30-24-. The molecule has 0 atom stereocenters. The van der Waals surface area contributed by atoms with Crippen molar-refractivity contribution in [3.63, 3.8) is 0 Å². The number of fused-ring (bicyclic) bond motifs is 2. The second kappa shape index (κ2) is 14.4. The molecule has 1 aromatic carbocycles. The number of pyridine rings is 1. The Morgan fingerprint density at radius 2 is 1.39 bits per heavy atom. The Balaban J connectivity index is 1.31. The van der Waals surface area contributed by atoms with Crippen LogP contribution in [-0.2, 0) is 12.8 Å². The van der Waals surface area contributed by atoms with Gasteiger partial charge in [0.15, 0.2) is 0 Å². The van der Waals surface area contributed by atoms with Crippen molar-refractivity contribution in [1.29, 1.82) is 0 Å². The average Bonchev–Trinajstić information content (AvgIpc) is 2.81. The predicted molar refractivity (Wildman–Crippen MR) is 137 cm³/mol. The summed E-state index contributed by atoms with van der Waals surface area (Å²) in [7, 11) is 0. The van der Waals surface area contributed by atoms with Gasteiger partial charge in [0.05, 0.1) is 11.2 Å². The summed E-state index contributed by atoms with van der Waals surface area (Å²) >= 11 is 0. The van der Waals surface area contributed by atoms with Gasteiger partial charge in [0.1, 0.15) is 0 Å². The van der Waals surface area contributed by atoms with Crippen LogP contribution in [0.3, 0.4) is 0 Å². The van der Waals surface area contributed by atoms with Crippen LogP contribution in [0, 0.1) is 0 Å². The maximum absolute atomic E-state index is 4.98. The zero-order valence-corrected chi connectivity index (χ0v) is 20.0. The molecule has 0 saturated carbocycles. The molecule has 0 N–H and O–H groups in total. The van der Waals surface area contributed by atoms with E-state index < -0.39 is 0 Å². The minimum Gasteiger partial charge on any atom is -0.260 e. The summed E-state index contributed by atoms with van der Waals surface area (Å²) < 4.78 is 0. The van der Waals surface area contributed by atoms with Crippen molar-refractivity contribution in [2.24, 2.45) is 4.99 Å². The quantitative estimate of drug-likeness (QED) is 0.208. The van der Waals surface area contributed by atoms with Crippen LogP contribution in [0.15, 0.2) is 29.3 Å². The third-order valence-electron chi connectivity index (χ3n) is 6.80. The number of aryl methyl sites for hydroxylation is 1. The lowest BCUT2D eigenvalue weighted by atomic mass is 9.93. The molecule has 0 spiro atoms. The Kier molecular flexibility index (Phi) is 11.1. The van der Waals surface area contributed by atoms with Gasteiger partial charge < -0.3 is 0 Å². The normalized spacial score (nSPS) is 13.8. The molecule has 0 amide bonds. The van der Waals surface area contributed by atoms with Crippen LogP contribution in [0.25, 0.3) is 10.9 Å². The molecule has 31 heavy (non-hydrogen) atoms. The van der Waals surface area contributed by atoms with E-state index in [1.807, 2.05) is 0 Å². The molecule has 0 aliphatic heterocycles. The topological polar surface area (TPSA) is 25.2 Å². The molecule has 0 unspecified atom stereocenters. The molecular weight excluding hydrogens is 376 g/mol. The molecule has 1 aliphatic carbocycles. The van der Waals surface area contributed by atoms with Gasteiger partial charge >= 0.3 is 0 Å². The molecule has 2 heteroatoms. The Morgan fingerprint density at radius 1 is 0.774 bits per heavy atom. The number of hydrogen-bond donors (Lipinski definition) is 0. The van der Waals surface area contributed by atoms with Gasteiger partial charge in [-0.1, -0.05) is 102 Å². The van der Waals surface area contributed by atoms with Gasteiger partial charge in [0.25, 0.3) is 0 Å². The van der Waals surface area contributed by atoms with E-state index in [-0.39, 0.29) is 0 Å². The zero-order valence-electron chi connectivity index (χ0n) is 20.0. The Hall–Kier alpha value is -1.70. The zero-order chi connectivity index (χ0) is 21.6. The summed E-state index contributed by atoms with van der Waals surface area (Å²) in [4.78, 5) is 9.90. The van der Waals surface area contributed by atoms with E-state index in [9.17, 15) is 0 Å². The summed E-state index contributed by atoms with van der Waals surface area (Å²) in [5.74, 6) is 0. The van der Waals surface area contributed by atoms with E-state index in [0.29, 0.717) is 0 Å². The van der Waals surface area contributed by atoms with Crippen LogP contribution < -0.4 is 0 Å². The minimum atomic E-state index is 1.10. The predicted octanol–water partition coefficient (Wildman–Crippen LogP) is 9.30. The number of nitrogens with zero attached hydrogens (tertiary/aromatic N) is 2. The van der Waals surface area contributed by atoms with Gasteiger partial charge in [-0.2, -0.15) is 0 Å². The average molecular weight is 421 g/mol. The number of aliphatic imine (C=N–C) groups is 1. The summed E-state index contributed by atoms with van der Waals surface area (Å²) in [6, 6.07) is 8.53.